The van der Waals surface area contributed by atoms with E-state index in [4.69, 9.17) is 0 Å². The van der Waals surface area contributed by atoms with Crippen LogP contribution in [0.25, 0.3) is 5.69 Å². The maximum absolute atomic E-state index is 13.3. The van der Waals surface area contributed by atoms with E-state index in [1.807, 2.05) is 20.8 Å². The van der Waals surface area contributed by atoms with Gasteiger partial charge in [0.15, 0.2) is 0 Å². The van der Waals surface area contributed by atoms with Crippen LogP contribution < -0.4 is 10.0 Å². The normalized spacial score (nSPS) is 11.5. The van der Waals surface area contributed by atoms with Crippen molar-refractivity contribution in [2.45, 2.75) is 31.6 Å². The minimum absolute atomic E-state index is 0.0261. The average Bonchev–Trinajstić information content (AvgIpc) is 3.27. The molecule has 0 aliphatic rings. The molecule has 1 aromatic heterocycles. The number of nitrogens with one attached hydrogen (secondary N) is 2. The highest BCUT2D eigenvalue weighted by molar-refractivity contribution is 7.92. The first-order valence-electron chi connectivity index (χ1n) is 11.0. The summed E-state index contributed by atoms with van der Waals surface area (Å²) < 4.78 is 42.7. The molecule has 0 aliphatic carbocycles. The van der Waals surface area contributed by atoms with Crippen molar-refractivity contribution in [1.29, 1.82) is 0 Å². The van der Waals surface area contributed by atoms with Crippen LogP contribution in [0.1, 0.15) is 41.4 Å². The fourth-order valence-corrected chi connectivity index (χ4v) is 4.69. The van der Waals surface area contributed by atoms with Crippen molar-refractivity contribution in [2.75, 3.05) is 10.0 Å². The van der Waals surface area contributed by atoms with Gasteiger partial charge in [0.25, 0.3) is 15.9 Å². The first-order valence-corrected chi connectivity index (χ1v) is 12.5. The Balaban J connectivity index is 1.51. The smallest absolute Gasteiger partial charge is 0.261 e. The number of hydrogen-bond donors (Lipinski definition) is 2. The molecule has 0 saturated heterocycles. The molecule has 180 valence electrons. The molecule has 7 nitrogen and oxygen atoms in total. The highest BCUT2D eigenvalue weighted by Crippen LogP contribution is 2.25. The van der Waals surface area contributed by atoms with E-state index in [0.29, 0.717) is 28.3 Å². The van der Waals surface area contributed by atoms with Crippen LogP contribution in [0.3, 0.4) is 0 Å². The molecule has 9 heteroatoms. The number of aromatic nitrogens is 2. The molecule has 0 saturated carbocycles. The number of amides is 1. The molecule has 0 spiro atoms. The predicted octanol–water partition coefficient (Wildman–Crippen LogP) is 5.50. The van der Waals surface area contributed by atoms with Crippen LogP contribution in [0.2, 0.25) is 0 Å². The molecule has 4 aromatic rings. The number of aryl methyl sites for hydroxylation is 1. The van der Waals surface area contributed by atoms with Gasteiger partial charge in [-0.25, -0.2) is 17.5 Å². The van der Waals surface area contributed by atoms with E-state index in [2.05, 4.69) is 15.1 Å². The van der Waals surface area contributed by atoms with E-state index in [1.165, 1.54) is 18.3 Å². The van der Waals surface area contributed by atoms with Gasteiger partial charge in [-0.1, -0.05) is 31.5 Å². The Labute approximate surface area is 203 Å². The van der Waals surface area contributed by atoms with E-state index in [1.54, 1.807) is 65.3 Å². The molecule has 0 fully saturated rings. The van der Waals surface area contributed by atoms with Crippen molar-refractivity contribution in [3.63, 3.8) is 0 Å². The van der Waals surface area contributed by atoms with Crippen molar-refractivity contribution >= 4 is 27.3 Å². The second-order valence-corrected chi connectivity index (χ2v) is 10.1. The van der Waals surface area contributed by atoms with Gasteiger partial charge < -0.3 is 5.32 Å². The standard InChI is InChI=1S/C26H25FN4O3S/c1-17(2)25-24(16-28-31(25)22-12-6-19(27)7-13-22)26(32)29-20-8-10-21(11-9-20)30-35(33,34)23-14-4-18(3)5-15-23/h4-17,30H,1-3H3,(H,29,32). The van der Waals surface area contributed by atoms with Crippen molar-refractivity contribution in [3.05, 3.63) is 102 Å². The molecule has 3 aromatic carbocycles. The molecular formula is C26H25FN4O3S. The lowest BCUT2D eigenvalue weighted by atomic mass is 10.0. The van der Waals surface area contributed by atoms with E-state index in [9.17, 15) is 17.6 Å². The zero-order valence-electron chi connectivity index (χ0n) is 19.5. The maximum Gasteiger partial charge on any atom is 0.261 e. The van der Waals surface area contributed by atoms with Gasteiger partial charge in [-0.05, 0) is 73.5 Å². The zero-order valence-corrected chi connectivity index (χ0v) is 20.3. The van der Waals surface area contributed by atoms with E-state index < -0.39 is 10.0 Å². The monoisotopic (exact) mass is 492 g/mol. The SMILES string of the molecule is Cc1ccc(S(=O)(=O)Nc2ccc(NC(=O)c3cnn(-c4ccc(F)cc4)c3C(C)C)cc2)cc1. The maximum atomic E-state index is 13.3. The number of halogens is 1. The number of anilines is 2. The Morgan fingerprint density at radius 1 is 0.914 bits per heavy atom. The quantitative estimate of drug-likeness (QED) is 0.356. The number of benzene rings is 3. The zero-order chi connectivity index (χ0) is 25.2. The Morgan fingerprint density at radius 2 is 1.51 bits per heavy atom. The van der Waals surface area contributed by atoms with Crippen LogP contribution in [-0.4, -0.2) is 24.1 Å². The third-order valence-corrected chi connectivity index (χ3v) is 6.79. The highest BCUT2D eigenvalue weighted by atomic mass is 32.2. The fourth-order valence-electron chi connectivity index (χ4n) is 3.63. The molecule has 1 heterocycles. The average molecular weight is 493 g/mol. The lowest BCUT2D eigenvalue weighted by molar-refractivity contribution is 0.102. The van der Waals surface area contributed by atoms with Gasteiger partial charge in [0.2, 0.25) is 0 Å². The first-order chi connectivity index (χ1) is 16.6. The fraction of sp³-hybridized carbons (Fsp3) is 0.154. The van der Waals surface area contributed by atoms with Gasteiger partial charge in [-0.3, -0.25) is 9.52 Å². The molecule has 0 bridgehead atoms. The summed E-state index contributed by atoms with van der Waals surface area (Å²) >= 11 is 0. The van der Waals surface area contributed by atoms with Gasteiger partial charge in [-0.2, -0.15) is 5.10 Å². The van der Waals surface area contributed by atoms with Gasteiger partial charge in [0.05, 0.1) is 28.0 Å². The summed E-state index contributed by atoms with van der Waals surface area (Å²) in [4.78, 5) is 13.2. The minimum atomic E-state index is -3.72. The summed E-state index contributed by atoms with van der Waals surface area (Å²) in [5.41, 5.74) is 3.57. The second kappa shape index (κ2) is 9.71. The van der Waals surface area contributed by atoms with Crippen molar-refractivity contribution < 1.29 is 17.6 Å². The second-order valence-electron chi connectivity index (χ2n) is 8.44. The summed E-state index contributed by atoms with van der Waals surface area (Å²) in [5.74, 6) is -0.730. The summed E-state index contributed by atoms with van der Waals surface area (Å²) in [6.45, 7) is 5.78. The number of carbonyl (C=O) groups excluding carboxylic acids is 1. The molecule has 0 aliphatic heterocycles. The summed E-state index contributed by atoms with van der Waals surface area (Å²) in [5, 5.41) is 7.17. The summed E-state index contributed by atoms with van der Waals surface area (Å²) in [6.07, 6.45) is 1.48. The van der Waals surface area contributed by atoms with Gasteiger partial charge in [-0.15, -0.1) is 0 Å². The third-order valence-electron chi connectivity index (χ3n) is 5.40. The number of hydrogen-bond acceptors (Lipinski definition) is 4. The Kier molecular flexibility index (Phi) is 6.70. The van der Waals surface area contributed by atoms with Crippen LogP contribution in [0.4, 0.5) is 15.8 Å². The van der Waals surface area contributed by atoms with Crippen molar-refractivity contribution in [2.24, 2.45) is 0 Å². The number of nitrogens with zero attached hydrogens (tertiary/aromatic N) is 2. The number of sulfonamides is 1. The molecule has 35 heavy (non-hydrogen) atoms. The molecule has 0 unspecified atom stereocenters. The van der Waals surface area contributed by atoms with Crippen LogP contribution >= 0.6 is 0 Å². The van der Waals surface area contributed by atoms with Crippen LogP contribution in [0, 0.1) is 12.7 Å². The van der Waals surface area contributed by atoms with Crippen molar-refractivity contribution in [1.82, 2.24) is 9.78 Å². The Hall–Kier alpha value is -3.98. The summed E-state index contributed by atoms with van der Waals surface area (Å²) in [6, 6.07) is 18.8. The van der Waals surface area contributed by atoms with Crippen LogP contribution in [0.5, 0.6) is 0 Å². The van der Waals surface area contributed by atoms with Gasteiger partial charge in [0.1, 0.15) is 5.82 Å². The lowest BCUT2D eigenvalue weighted by Gasteiger charge is -2.13. The number of carbonyl (C=O) groups is 1. The van der Waals surface area contributed by atoms with E-state index in [0.717, 1.165) is 5.56 Å². The Morgan fingerprint density at radius 3 is 2.11 bits per heavy atom. The minimum Gasteiger partial charge on any atom is -0.322 e. The first kappa shape index (κ1) is 24.2. The van der Waals surface area contributed by atoms with E-state index in [-0.39, 0.29) is 22.5 Å². The van der Waals surface area contributed by atoms with Crippen molar-refractivity contribution in [3.8, 4) is 5.69 Å². The van der Waals surface area contributed by atoms with Crippen LogP contribution in [-0.2, 0) is 10.0 Å². The van der Waals surface area contributed by atoms with Crippen LogP contribution in [0.15, 0.2) is 83.9 Å². The molecule has 0 radical (unpaired) electrons. The van der Waals surface area contributed by atoms with Gasteiger partial charge >= 0.3 is 0 Å². The topological polar surface area (TPSA) is 93.1 Å². The Bertz CT molecular complexity index is 1440. The largest absolute Gasteiger partial charge is 0.322 e. The highest BCUT2D eigenvalue weighted by Gasteiger charge is 2.21. The number of rotatable bonds is 7. The molecule has 1 amide bonds. The molecule has 0 atom stereocenters. The molecule has 2 N–H and O–H groups in total. The molecule has 4 rings (SSSR count). The van der Waals surface area contributed by atoms with E-state index >= 15 is 0 Å². The molecular weight excluding hydrogens is 467 g/mol. The van der Waals surface area contributed by atoms with Gasteiger partial charge in [0, 0.05) is 11.4 Å². The lowest BCUT2D eigenvalue weighted by Crippen LogP contribution is -2.16. The summed E-state index contributed by atoms with van der Waals surface area (Å²) in [7, 11) is -3.72. The predicted molar refractivity (Wildman–Crippen MR) is 134 cm³/mol. The third kappa shape index (κ3) is 5.41.